The first-order valence-electron chi connectivity index (χ1n) is 7.21. The van der Waals surface area contributed by atoms with Crippen molar-refractivity contribution in [2.45, 2.75) is 18.9 Å². The Morgan fingerprint density at radius 3 is 3.10 bits per heavy atom. The van der Waals surface area contributed by atoms with Crippen molar-refractivity contribution in [1.29, 1.82) is 0 Å². The molecule has 5 nitrogen and oxygen atoms in total. The summed E-state index contributed by atoms with van der Waals surface area (Å²) < 4.78 is 19.3. The highest BCUT2D eigenvalue weighted by molar-refractivity contribution is 5.64. The number of piperidine rings is 1. The largest absolute Gasteiger partial charge is 0.465 e. The van der Waals surface area contributed by atoms with E-state index in [-0.39, 0.29) is 31.0 Å². The van der Waals surface area contributed by atoms with Crippen molar-refractivity contribution < 1.29 is 19.0 Å². The van der Waals surface area contributed by atoms with Crippen LogP contribution in [0.3, 0.4) is 0 Å². The van der Waals surface area contributed by atoms with Crippen LogP contribution in [0, 0.1) is 11.7 Å². The van der Waals surface area contributed by atoms with Crippen molar-refractivity contribution in [1.82, 2.24) is 10.6 Å². The molecule has 2 rings (SSSR count). The summed E-state index contributed by atoms with van der Waals surface area (Å²) in [6.45, 7) is 2.31. The number of ether oxygens (including phenoxy) is 1. The minimum Gasteiger partial charge on any atom is -0.465 e. The molecule has 116 valence electrons. The van der Waals surface area contributed by atoms with E-state index in [2.05, 4.69) is 10.6 Å². The van der Waals surface area contributed by atoms with Gasteiger partial charge < -0.3 is 20.5 Å². The predicted molar refractivity (Wildman–Crippen MR) is 76.7 cm³/mol. The second-order valence-corrected chi connectivity index (χ2v) is 5.18. The average Bonchev–Trinajstić information content (AvgIpc) is 2.48. The number of hydrogen-bond acceptors (Lipinski definition) is 3. The molecule has 1 aliphatic rings. The van der Waals surface area contributed by atoms with Crippen LogP contribution >= 0.6 is 0 Å². The topological polar surface area (TPSA) is 70.6 Å². The smallest absolute Gasteiger partial charge is 0.404 e. The van der Waals surface area contributed by atoms with Crippen LogP contribution in [-0.2, 0) is 4.74 Å². The van der Waals surface area contributed by atoms with Crippen molar-refractivity contribution in [3.05, 3.63) is 35.6 Å². The van der Waals surface area contributed by atoms with Gasteiger partial charge in [-0.05, 0) is 37.1 Å². The van der Waals surface area contributed by atoms with E-state index in [1.165, 1.54) is 12.1 Å². The van der Waals surface area contributed by atoms with Crippen LogP contribution in [0.1, 0.15) is 24.5 Å². The fourth-order valence-corrected chi connectivity index (χ4v) is 2.67. The fraction of sp³-hybridized carbons (Fsp3) is 0.533. The number of halogens is 1. The lowest BCUT2D eigenvalue weighted by Gasteiger charge is -2.31. The number of hydrogen-bond donors (Lipinski definition) is 3. The molecule has 0 radical (unpaired) electrons. The number of nitrogens with one attached hydrogen (secondary N) is 2. The zero-order chi connectivity index (χ0) is 15.1. The summed E-state index contributed by atoms with van der Waals surface area (Å²) in [4.78, 5) is 10.4. The molecule has 1 amide bonds. The number of amides is 1. The first-order valence-corrected chi connectivity index (χ1v) is 7.21. The zero-order valence-electron chi connectivity index (χ0n) is 11.8. The maximum atomic E-state index is 13.4. The quantitative estimate of drug-likeness (QED) is 0.704. The number of carboxylic acid groups (broad SMARTS) is 1. The van der Waals surface area contributed by atoms with Gasteiger partial charge in [0.25, 0.3) is 0 Å². The molecule has 21 heavy (non-hydrogen) atoms. The molecule has 1 heterocycles. The normalized spacial score (nSPS) is 20.0. The average molecular weight is 296 g/mol. The van der Waals surface area contributed by atoms with Gasteiger partial charge in [-0.15, -0.1) is 0 Å². The fourth-order valence-electron chi connectivity index (χ4n) is 2.67. The van der Waals surface area contributed by atoms with Crippen LogP contribution in [0.15, 0.2) is 24.3 Å². The Bertz CT molecular complexity index is 464. The van der Waals surface area contributed by atoms with E-state index in [0.29, 0.717) is 0 Å². The molecule has 0 saturated carbocycles. The summed E-state index contributed by atoms with van der Waals surface area (Å²) >= 11 is 0. The Balaban J connectivity index is 2.01. The van der Waals surface area contributed by atoms with Gasteiger partial charge in [-0.25, -0.2) is 9.18 Å². The molecule has 1 aromatic carbocycles. The molecule has 1 fully saturated rings. The standard InChI is InChI=1S/C15H21FN2O3/c16-13-5-1-3-11(9-13)14(12-4-2-6-17-10-12)21-8-7-18-15(19)20/h1,3,5,9,12,14,17-18H,2,4,6-8,10H2,(H,19,20)/t12?,14-/m0/s1. The van der Waals surface area contributed by atoms with E-state index >= 15 is 0 Å². The van der Waals surface area contributed by atoms with Crippen LogP contribution in [0.4, 0.5) is 9.18 Å². The number of carbonyl (C=O) groups is 1. The molecule has 0 bridgehead atoms. The van der Waals surface area contributed by atoms with Crippen LogP contribution in [-0.4, -0.2) is 37.4 Å². The predicted octanol–water partition coefficient (Wildman–Crippen LogP) is 2.15. The van der Waals surface area contributed by atoms with Crippen LogP contribution in [0.25, 0.3) is 0 Å². The third-order valence-electron chi connectivity index (χ3n) is 3.62. The highest BCUT2D eigenvalue weighted by atomic mass is 19.1. The highest BCUT2D eigenvalue weighted by Crippen LogP contribution is 2.30. The molecule has 0 aromatic heterocycles. The molecule has 0 aliphatic carbocycles. The van der Waals surface area contributed by atoms with Gasteiger partial charge in [0.2, 0.25) is 0 Å². The lowest BCUT2D eigenvalue weighted by molar-refractivity contribution is 0.00477. The molecule has 1 aromatic rings. The third-order valence-corrected chi connectivity index (χ3v) is 3.62. The molecule has 6 heteroatoms. The molecule has 1 unspecified atom stereocenters. The Morgan fingerprint density at radius 2 is 2.43 bits per heavy atom. The maximum Gasteiger partial charge on any atom is 0.404 e. The second-order valence-electron chi connectivity index (χ2n) is 5.18. The van der Waals surface area contributed by atoms with Gasteiger partial charge in [0.1, 0.15) is 5.82 Å². The molecular formula is C15H21FN2O3. The third kappa shape index (κ3) is 4.99. The Hall–Kier alpha value is -1.66. The van der Waals surface area contributed by atoms with Crippen molar-refractivity contribution >= 4 is 6.09 Å². The van der Waals surface area contributed by atoms with E-state index < -0.39 is 6.09 Å². The van der Waals surface area contributed by atoms with Crippen LogP contribution in [0.5, 0.6) is 0 Å². The van der Waals surface area contributed by atoms with Crippen LogP contribution < -0.4 is 10.6 Å². The van der Waals surface area contributed by atoms with Gasteiger partial charge in [-0.3, -0.25) is 0 Å². The van der Waals surface area contributed by atoms with Crippen molar-refractivity contribution in [2.75, 3.05) is 26.2 Å². The van der Waals surface area contributed by atoms with Crippen molar-refractivity contribution in [3.63, 3.8) is 0 Å². The Labute approximate surface area is 123 Å². The van der Waals surface area contributed by atoms with Gasteiger partial charge in [-0.1, -0.05) is 12.1 Å². The summed E-state index contributed by atoms with van der Waals surface area (Å²) in [5.74, 6) is -0.0149. The van der Waals surface area contributed by atoms with Crippen LogP contribution in [0.2, 0.25) is 0 Å². The van der Waals surface area contributed by atoms with E-state index in [9.17, 15) is 9.18 Å². The van der Waals surface area contributed by atoms with Gasteiger partial charge in [0.05, 0.1) is 12.7 Å². The highest BCUT2D eigenvalue weighted by Gasteiger charge is 2.26. The van der Waals surface area contributed by atoms with E-state index in [1.54, 1.807) is 6.07 Å². The zero-order valence-corrected chi connectivity index (χ0v) is 11.8. The first kappa shape index (κ1) is 15.7. The molecule has 3 N–H and O–H groups in total. The summed E-state index contributed by atoms with van der Waals surface area (Å²) in [5.41, 5.74) is 0.805. The molecule has 1 aliphatic heterocycles. The lowest BCUT2D eigenvalue weighted by Crippen LogP contribution is -2.35. The molecule has 2 atom stereocenters. The summed E-state index contributed by atoms with van der Waals surface area (Å²) in [6.07, 6.45) is 0.789. The first-order chi connectivity index (χ1) is 10.2. The van der Waals surface area contributed by atoms with E-state index in [1.807, 2.05) is 6.07 Å². The van der Waals surface area contributed by atoms with Crippen molar-refractivity contribution in [3.8, 4) is 0 Å². The summed E-state index contributed by atoms with van der Waals surface area (Å²) in [7, 11) is 0. The Morgan fingerprint density at radius 1 is 1.57 bits per heavy atom. The molecule has 0 spiro atoms. The van der Waals surface area contributed by atoms with E-state index in [0.717, 1.165) is 31.5 Å². The minimum atomic E-state index is -1.07. The summed E-state index contributed by atoms with van der Waals surface area (Å²) in [5, 5.41) is 14.1. The van der Waals surface area contributed by atoms with Gasteiger partial charge >= 0.3 is 6.09 Å². The van der Waals surface area contributed by atoms with Crippen molar-refractivity contribution in [2.24, 2.45) is 5.92 Å². The monoisotopic (exact) mass is 296 g/mol. The minimum absolute atomic E-state index is 0.218. The maximum absolute atomic E-state index is 13.4. The SMILES string of the molecule is O=C(O)NCCO[C@@H](c1cccc(F)c1)C1CCCNC1. The lowest BCUT2D eigenvalue weighted by atomic mass is 9.89. The van der Waals surface area contributed by atoms with Gasteiger partial charge in [0.15, 0.2) is 0 Å². The Kier molecular flexibility index (Phi) is 5.95. The molecular weight excluding hydrogens is 275 g/mol. The van der Waals surface area contributed by atoms with E-state index in [4.69, 9.17) is 9.84 Å². The number of rotatable bonds is 6. The number of benzene rings is 1. The summed E-state index contributed by atoms with van der Waals surface area (Å²) in [6, 6.07) is 6.43. The second kappa shape index (κ2) is 7.95. The van der Waals surface area contributed by atoms with Gasteiger partial charge in [-0.2, -0.15) is 0 Å². The molecule has 1 saturated heterocycles. The van der Waals surface area contributed by atoms with Gasteiger partial charge in [0, 0.05) is 19.0 Å².